The van der Waals surface area contributed by atoms with E-state index in [9.17, 15) is 9.90 Å². The van der Waals surface area contributed by atoms with Crippen LogP contribution in [-0.2, 0) is 4.79 Å². The molecule has 4 nitrogen and oxygen atoms in total. The number of carbonyl (C=O) groups is 1. The summed E-state index contributed by atoms with van der Waals surface area (Å²) in [6.45, 7) is 6.77. The zero-order valence-electron chi connectivity index (χ0n) is 10.2. The number of aliphatic hydroxyl groups is 1. The maximum absolute atomic E-state index is 12.0. The SMILES string of the molecule is CC(C)C(C#N)C(=O)N1CCC(C(C)O)C1. The van der Waals surface area contributed by atoms with Crippen LogP contribution in [-0.4, -0.2) is 35.1 Å². The third-order valence-corrected chi connectivity index (χ3v) is 3.29. The van der Waals surface area contributed by atoms with Crippen molar-refractivity contribution in [3.8, 4) is 6.07 Å². The third kappa shape index (κ3) is 2.73. The lowest BCUT2D eigenvalue weighted by Crippen LogP contribution is -2.36. The Morgan fingerprint density at radius 2 is 2.12 bits per heavy atom. The summed E-state index contributed by atoms with van der Waals surface area (Å²) >= 11 is 0. The van der Waals surface area contributed by atoms with Gasteiger partial charge in [-0.25, -0.2) is 0 Å². The minimum atomic E-state index is -0.548. The van der Waals surface area contributed by atoms with E-state index in [1.54, 1.807) is 11.8 Å². The molecule has 1 rings (SSSR count). The van der Waals surface area contributed by atoms with Crippen LogP contribution in [0.1, 0.15) is 27.2 Å². The maximum Gasteiger partial charge on any atom is 0.240 e. The van der Waals surface area contributed by atoms with Crippen LogP contribution >= 0.6 is 0 Å². The lowest BCUT2D eigenvalue weighted by molar-refractivity contribution is -0.134. The van der Waals surface area contributed by atoms with Gasteiger partial charge in [-0.15, -0.1) is 0 Å². The average molecular weight is 224 g/mol. The Morgan fingerprint density at radius 1 is 1.50 bits per heavy atom. The van der Waals surface area contributed by atoms with Crippen LogP contribution in [0.3, 0.4) is 0 Å². The zero-order valence-corrected chi connectivity index (χ0v) is 10.2. The summed E-state index contributed by atoms with van der Waals surface area (Å²) in [7, 11) is 0. The zero-order chi connectivity index (χ0) is 12.3. The summed E-state index contributed by atoms with van der Waals surface area (Å²) in [4.78, 5) is 13.7. The van der Waals surface area contributed by atoms with Crippen molar-refractivity contribution in [1.82, 2.24) is 4.90 Å². The molecule has 0 aromatic carbocycles. The molecule has 0 aliphatic carbocycles. The molecule has 4 heteroatoms. The highest BCUT2D eigenvalue weighted by Gasteiger charge is 2.33. The Bertz CT molecular complexity index is 294. The number of aliphatic hydroxyl groups excluding tert-OH is 1. The van der Waals surface area contributed by atoms with Gasteiger partial charge in [0.25, 0.3) is 0 Å². The standard InChI is InChI=1S/C12H20N2O2/c1-8(2)11(6-13)12(16)14-5-4-10(7-14)9(3)15/h8-11,15H,4-5,7H2,1-3H3. The summed E-state index contributed by atoms with van der Waals surface area (Å²) in [5.74, 6) is -0.424. The smallest absolute Gasteiger partial charge is 0.240 e. The van der Waals surface area contributed by atoms with Gasteiger partial charge in [0.05, 0.1) is 12.2 Å². The highest BCUT2D eigenvalue weighted by atomic mass is 16.3. The van der Waals surface area contributed by atoms with Crippen LogP contribution in [0, 0.1) is 29.1 Å². The first-order valence-electron chi connectivity index (χ1n) is 5.83. The van der Waals surface area contributed by atoms with Crippen LogP contribution in [0.15, 0.2) is 0 Å². The van der Waals surface area contributed by atoms with Crippen molar-refractivity contribution in [3.63, 3.8) is 0 Å². The van der Waals surface area contributed by atoms with Crippen molar-refractivity contribution < 1.29 is 9.90 Å². The molecule has 1 amide bonds. The summed E-state index contributed by atoms with van der Waals surface area (Å²) in [5.41, 5.74) is 0. The van der Waals surface area contributed by atoms with Gasteiger partial charge in [-0.2, -0.15) is 5.26 Å². The van der Waals surface area contributed by atoms with Gasteiger partial charge in [0, 0.05) is 19.0 Å². The van der Waals surface area contributed by atoms with Gasteiger partial charge in [0.2, 0.25) is 5.91 Å². The van der Waals surface area contributed by atoms with Crippen molar-refractivity contribution in [2.75, 3.05) is 13.1 Å². The lowest BCUT2D eigenvalue weighted by Gasteiger charge is -2.22. The molecule has 90 valence electrons. The van der Waals surface area contributed by atoms with E-state index in [1.165, 1.54) is 0 Å². The fourth-order valence-electron chi connectivity index (χ4n) is 2.07. The molecule has 3 unspecified atom stereocenters. The minimum absolute atomic E-state index is 0.0445. The summed E-state index contributed by atoms with van der Waals surface area (Å²) < 4.78 is 0. The first kappa shape index (κ1) is 13.0. The molecule has 0 bridgehead atoms. The van der Waals surface area contributed by atoms with E-state index in [0.29, 0.717) is 13.1 Å². The number of rotatable bonds is 3. The predicted octanol–water partition coefficient (Wildman–Crippen LogP) is 1.01. The molecule has 0 radical (unpaired) electrons. The van der Waals surface area contributed by atoms with Crippen molar-refractivity contribution in [3.05, 3.63) is 0 Å². The van der Waals surface area contributed by atoms with E-state index in [1.807, 2.05) is 13.8 Å². The van der Waals surface area contributed by atoms with Gasteiger partial charge in [-0.3, -0.25) is 4.79 Å². The van der Waals surface area contributed by atoms with Crippen molar-refractivity contribution in [1.29, 1.82) is 5.26 Å². The highest BCUT2D eigenvalue weighted by Crippen LogP contribution is 2.23. The molecule has 3 atom stereocenters. The molecule has 1 aliphatic heterocycles. The van der Waals surface area contributed by atoms with Crippen LogP contribution in [0.4, 0.5) is 0 Å². The Balaban J connectivity index is 2.60. The Labute approximate surface area is 96.9 Å². The molecule has 1 heterocycles. The lowest BCUT2D eigenvalue weighted by atomic mass is 9.96. The molecule has 1 N–H and O–H groups in total. The fourth-order valence-corrected chi connectivity index (χ4v) is 2.07. The number of hydrogen-bond acceptors (Lipinski definition) is 3. The van der Waals surface area contributed by atoms with Gasteiger partial charge < -0.3 is 10.0 Å². The van der Waals surface area contributed by atoms with E-state index in [2.05, 4.69) is 6.07 Å². The predicted molar refractivity (Wildman–Crippen MR) is 60.3 cm³/mol. The van der Waals surface area contributed by atoms with E-state index in [-0.39, 0.29) is 23.8 Å². The number of nitriles is 1. The second kappa shape index (κ2) is 5.31. The summed E-state index contributed by atoms with van der Waals surface area (Å²) in [5, 5.41) is 18.4. The fraction of sp³-hybridized carbons (Fsp3) is 0.833. The molecule has 0 spiro atoms. The number of likely N-dealkylation sites (tertiary alicyclic amines) is 1. The second-order valence-electron chi connectivity index (χ2n) is 4.92. The van der Waals surface area contributed by atoms with Gasteiger partial charge >= 0.3 is 0 Å². The molecule has 0 aromatic rings. The molecule has 1 aliphatic rings. The molecular weight excluding hydrogens is 204 g/mol. The number of hydrogen-bond donors (Lipinski definition) is 1. The molecular formula is C12H20N2O2. The van der Waals surface area contributed by atoms with Crippen LogP contribution in [0.2, 0.25) is 0 Å². The monoisotopic (exact) mass is 224 g/mol. The molecule has 16 heavy (non-hydrogen) atoms. The first-order valence-corrected chi connectivity index (χ1v) is 5.83. The Kier molecular flexibility index (Phi) is 4.31. The van der Waals surface area contributed by atoms with E-state index >= 15 is 0 Å². The van der Waals surface area contributed by atoms with Gasteiger partial charge in [-0.05, 0) is 19.3 Å². The second-order valence-corrected chi connectivity index (χ2v) is 4.92. The molecule has 0 saturated carbocycles. The van der Waals surface area contributed by atoms with Gasteiger partial charge in [0.1, 0.15) is 5.92 Å². The Hall–Kier alpha value is -1.08. The summed E-state index contributed by atoms with van der Waals surface area (Å²) in [6.07, 6.45) is 0.456. The molecule has 0 aromatic heterocycles. The normalized spacial score (nSPS) is 24.2. The van der Waals surface area contributed by atoms with Crippen molar-refractivity contribution in [2.45, 2.75) is 33.3 Å². The van der Waals surface area contributed by atoms with Crippen molar-refractivity contribution in [2.24, 2.45) is 17.8 Å². The third-order valence-electron chi connectivity index (χ3n) is 3.29. The van der Waals surface area contributed by atoms with Crippen molar-refractivity contribution >= 4 is 5.91 Å². The largest absolute Gasteiger partial charge is 0.393 e. The van der Waals surface area contributed by atoms with Gasteiger partial charge in [-0.1, -0.05) is 13.8 Å². The average Bonchev–Trinajstić information content (AvgIpc) is 2.66. The van der Waals surface area contributed by atoms with E-state index in [0.717, 1.165) is 6.42 Å². The van der Waals surface area contributed by atoms with Gasteiger partial charge in [0.15, 0.2) is 0 Å². The highest BCUT2D eigenvalue weighted by molar-refractivity contribution is 5.81. The molecule has 1 saturated heterocycles. The minimum Gasteiger partial charge on any atom is -0.393 e. The van der Waals surface area contributed by atoms with E-state index in [4.69, 9.17) is 5.26 Å². The number of amides is 1. The van der Waals surface area contributed by atoms with E-state index < -0.39 is 5.92 Å². The van der Waals surface area contributed by atoms with Crippen LogP contribution in [0.5, 0.6) is 0 Å². The van der Waals surface area contributed by atoms with Crippen LogP contribution < -0.4 is 0 Å². The quantitative estimate of drug-likeness (QED) is 0.778. The number of nitrogens with zero attached hydrogens (tertiary/aromatic N) is 2. The molecule has 1 fully saturated rings. The summed E-state index contributed by atoms with van der Waals surface area (Å²) in [6, 6.07) is 2.07. The Morgan fingerprint density at radius 3 is 2.50 bits per heavy atom. The number of carbonyl (C=O) groups excluding carboxylic acids is 1. The topological polar surface area (TPSA) is 64.3 Å². The maximum atomic E-state index is 12.0. The first-order chi connectivity index (χ1) is 7.47. The van der Waals surface area contributed by atoms with Crippen LogP contribution in [0.25, 0.3) is 0 Å².